The second-order valence-corrected chi connectivity index (χ2v) is 9.96. The predicted molar refractivity (Wildman–Crippen MR) is 117 cm³/mol. The molecule has 0 spiro atoms. The molecule has 2 saturated heterocycles. The Kier molecular flexibility index (Phi) is 6.43. The summed E-state index contributed by atoms with van der Waals surface area (Å²) < 4.78 is 31.9. The zero-order valence-electron chi connectivity index (χ0n) is 17.8. The molecule has 0 bridgehead atoms. The van der Waals surface area contributed by atoms with Crippen molar-refractivity contribution in [2.45, 2.75) is 37.1 Å². The minimum atomic E-state index is -3.75. The van der Waals surface area contributed by atoms with E-state index in [0.717, 1.165) is 5.56 Å². The highest BCUT2D eigenvalue weighted by atomic mass is 32.2. The lowest BCUT2D eigenvalue weighted by Crippen LogP contribution is -2.43. The lowest BCUT2D eigenvalue weighted by Gasteiger charge is -2.24. The monoisotopic (exact) mass is 472 g/mol. The van der Waals surface area contributed by atoms with Gasteiger partial charge >= 0.3 is 6.09 Å². The highest BCUT2D eigenvalue weighted by Crippen LogP contribution is 2.33. The van der Waals surface area contributed by atoms with Crippen LogP contribution in [-0.4, -0.2) is 65.6 Å². The van der Waals surface area contributed by atoms with Crippen molar-refractivity contribution in [3.8, 4) is 5.75 Å². The van der Waals surface area contributed by atoms with E-state index >= 15 is 0 Å². The second-order valence-electron chi connectivity index (χ2n) is 8.04. The van der Waals surface area contributed by atoms with E-state index in [4.69, 9.17) is 10.5 Å². The summed E-state index contributed by atoms with van der Waals surface area (Å²) in [7, 11) is -3.75. The number of amides is 2. The molecule has 1 aromatic carbocycles. The van der Waals surface area contributed by atoms with Crippen LogP contribution in [0.25, 0.3) is 0 Å². The molecular formula is C22H24N4O6S. The molecule has 2 unspecified atom stereocenters. The minimum absolute atomic E-state index is 0.174. The summed E-state index contributed by atoms with van der Waals surface area (Å²) in [6.45, 7) is 0.108. The van der Waals surface area contributed by atoms with Crippen LogP contribution in [0.15, 0.2) is 48.7 Å². The van der Waals surface area contributed by atoms with E-state index < -0.39 is 28.2 Å². The number of fused-ring (bicyclic) bond motifs is 1. The van der Waals surface area contributed by atoms with Crippen LogP contribution in [0.2, 0.25) is 0 Å². The minimum Gasteiger partial charge on any atom is -0.411 e. The van der Waals surface area contributed by atoms with E-state index in [9.17, 15) is 22.8 Å². The zero-order valence-corrected chi connectivity index (χ0v) is 18.6. The number of Topliss-reactive ketones (excluding diaryl/α,β-unsaturated/α-hetero) is 1. The fraction of sp³-hybridized carbons (Fsp3) is 0.364. The molecule has 2 amide bonds. The summed E-state index contributed by atoms with van der Waals surface area (Å²) >= 11 is 0. The molecule has 0 radical (unpaired) electrons. The molecule has 2 fully saturated rings. The Bertz CT molecular complexity index is 1150. The molecule has 174 valence electrons. The number of primary amides is 1. The van der Waals surface area contributed by atoms with Crippen molar-refractivity contribution < 1.29 is 27.5 Å². The van der Waals surface area contributed by atoms with Crippen LogP contribution in [0.3, 0.4) is 0 Å². The number of benzene rings is 1. The normalized spacial score (nSPS) is 20.6. The first kappa shape index (κ1) is 22.9. The van der Waals surface area contributed by atoms with E-state index in [1.54, 1.807) is 42.5 Å². The van der Waals surface area contributed by atoms with Crippen LogP contribution in [0.5, 0.6) is 5.75 Å². The summed E-state index contributed by atoms with van der Waals surface area (Å²) in [6, 6.07) is 10.4. The van der Waals surface area contributed by atoms with Crippen LogP contribution in [0, 0.1) is 0 Å². The molecule has 2 aliphatic heterocycles. The van der Waals surface area contributed by atoms with Crippen molar-refractivity contribution in [1.29, 1.82) is 0 Å². The van der Waals surface area contributed by atoms with Crippen molar-refractivity contribution in [3.63, 3.8) is 0 Å². The van der Waals surface area contributed by atoms with Crippen molar-refractivity contribution in [2.24, 2.45) is 5.73 Å². The smallest absolute Gasteiger partial charge is 0.409 e. The maximum Gasteiger partial charge on any atom is 0.409 e. The van der Waals surface area contributed by atoms with E-state index in [1.807, 2.05) is 0 Å². The Morgan fingerprint density at radius 1 is 1.15 bits per heavy atom. The van der Waals surface area contributed by atoms with Gasteiger partial charge in [-0.1, -0.05) is 18.2 Å². The van der Waals surface area contributed by atoms with Gasteiger partial charge in [0.05, 0.1) is 18.3 Å². The van der Waals surface area contributed by atoms with E-state index in [2.05, 4.69) is 4.98 Å². The standard InChI is InChI=1S/C22H24N4O6S/c23-22(29)32-17-7-4-15(5-8-17)6-9-20(28)25-12-10-18-21(25)19(27)13-26(18)33(30,31)14-16-3-1-2-11-24-16/h1-5,7-8,11,18,21H,6,9-10,12-14H2,(H2,23,29). The number of nitrogens with two attached hydrogens (primary N) is 1. The Morgan fingerprint density at radius 3 is 2.58 bits per heavy atom. The molecular weight excluding hydrogens is 448 g/mol. The van der Waals surface area contributed by atoms with Gasteiger partial charge in [0.25, 0.3) is 0 Å². The molecule has 0 aliphatic carbocycles. The van der Waals surface area contributed by atoms with Gasteiger partial charge in [-0.05, 0) is 42.7 Å². The summed E-state index contributed by atoms with van der Waals surface area (Å²) in [5, 5.41) is 0. The molecule has 2 atom stereocenters. The highest BCUT2D eigenvalue weighted by Gasteiger charge is 2.53. The van der Waals surface area contributed by atoms with Gasteiger partial charge in [-0.3, -0.25) is 14.6 Å². The molecule has 2 N–H and O–H groups in total. The number of hydrogen-bond acceptors (Lipinski definition) is 7. The summed E-state index contributed by atoms with van der Waals surface area (Å²) in [4.78, 5) is 42.0. The van der Waals surface area contributed by atoms with Crippen molar-refractivity contribution >= 4 is 27.8 Å². The first-order valence-electron chi connectivity index (χ1n) is 10.5. The molecule has 4 rings (SSSR count). The number of sulfonamides is 1. The fourth-order valence-corrected chi connectivity index (χ4v) is 6.07. The summed E-state index contributed by atoms with van der Waals surface area (Å²) in [5.41, 5.74) is 6.24. The maximum atomic E-state index is 13.0. The SMILES string of the molecule is NC(=O)Oc1ccc(CCC(=O)N2CCC3C2C(=O)CN3S(=O)(=O)Cc2ccccn2)cc1. The van der Waals surface area contributed by atoms with E-state index in [1.165, 1.54) is 15.4 Å². The molecule has 1 aromatic heterocycles. The van der Waals surface area contributed by atoms with Crippen molar-refractivity contribution in [2.75, 3.05) is 13.1 Å². The van der Waals surface area contributed by atoms with Crippen LogP contribution in [-0.2, 0) is 31.8 Å². The highest BCUT2D eigenvalue weighted by molar-refractivity contribution is 7.88. The van der Waals surface area contributed by atoms with Gasteiger partial charge in [0.1, 0.15) is 17.5 Å². The molecule has 0 saturated carbocycles. The van der Waals surface area contributed by atoms with Crippen LogP contribution in [0.4, 0.5) is 4.79 Å². The van der Waals surface area contributed by atoms with Gasteiger partial charge < -0.3 is 15.4 Å². The van der Waals surface area contributed by atoms with Gasteiger partial charge in [0.15, 0.2) is 5.78 Å². The predicted octanol–water partition coefficient (Wildman–Crippen LogP) is 0.856. The number of hydrogen-bond donors (Lipinski definition) is 1. The number of carbonyl (C=O) groups excluding carboxylic acids is 3. The first-order valence-corrected chi connectivity index (χ1v) is 12.1. The largest absolute Gasteiger partial charge is 0.411 e. The third-order valence-electron chi connectivity index (χ3n) is 5.88. The lowest BCUT2D eigenvalue weighted by molar-refractivity contribution is -0.136. The number of rotatable bonds is 7. The van der Waals surface area contributed by atoms with E-state index in [-0.39, 0.29) is 30.4 Å². The third-order valence-corrected chi connectivity index (χ3v) is 7.66. The molecule has 33 heavy (non-hydrogen) atoms. The number of ether oxygens (including phenoxy) is 1. The van der Waals surface area contributed by atoms with Gasteiger partial charge in [-0.15, -0.1) is 0 Å². The Labute approximate surface area is 191 Å². The number of likely N-dealkylation sites (tertiary alicyclic amines) is 1. The summed E-state index contributed by atoms with van der Waals surface area (Å²) in [6.07, 6.45) is 1.64. The van der Waals surface area contributed by atoms with Gasteiger partial charge in [-0.2, -0.15) is 4.31 Å². The average Bonchev–Trinajstić information content (AvgIpc) is 3.35. The molecule has 2 aromatic rings. The van der Waals surface area contributed by atoms with Crippen molar-refractivity contribution in [1.82, 2.24) is 14.2 Å². The average molecular weight is 473 g/mol. The number of aryl methyl sites for hydroxylation is 1. The van der Waals surface area contributed by atoms with Crippen LogP contribution < -0.4 is 10.5 Å². The third kappa shape index (κ3) is 5.04. The molecule has 3 heterocycles. The number of carbonyl (C=O) groups is 3. The van der Waals surface area contributed by atoms with Crippen molar-refractivity contribution in [3.05, 3.63) is 59.9 Å². The number of ketones is 1. The fourth-order valence-electron chi connectivity index (χ4n) is 4.40. The van der Waals surface area contributed by atoms with Crippen LogP contribution >= 0.6 is 0 Å². The van der Waals surface area contributed by atoms with Gasteiger partial charge in [0, 0.05) is 19.2 Å². The number of pyridine rings is 1. The van der Waals surface area contributed by atoms with Gasteiger partial charge in [-0.25, -0.2) is 13.2 Å². The number of aromatic nitrogens is 1. The Balaban J connectivity index is 1.38. The lowest BCUT2D eigenvalue weighted by atomic mass is 10.1. The first-order chi connectivity index (χ1) is 15.7. The molecule has 11 heteroatoms. The van der Waals surface area contributed by atoms with Crippen LogP contribution in [0.1, 0.15) is 24.1 Å². The Hall–Kier alpha value is -3.31. The zero-order chi connectivity index (χ0) is 23.6. The molecule has 10 nitrogen and oxygen atoms in total. The summed E-state index contributed by atoms with van der Waals surface area (Å²) in [5.74, 6) is -0.433. The maximum absolute atomic E-state index is 13.0. The molecule has 2 aliphatic rings. The van der Waals surface area contributed by atoms with E-state index in [0.29, 0.717) is 30.8 Å². The topological polar surface area (TPSA) is 140 Å². The Morgan fingerprint density at radius 2 is 1.91 bits per heavy atom. The quantitative estimate of drug-likeness (QED) is 0.630. The second kappa shape index (κ2) is 9.28. The van der Waals surface area contributed by atoms with Gasteiger partial charge in [0.2, 0.25) is 15.9 Å². The number of nitrogens with zero attached hydrogens (tertiary/aromatic N) is 3.